The van der Waals surface area contributed by atoms with E-state index in [1.165, 1.54) is 11.1 Å². The number of unbranched alkanes of at least 4 members (excludes halogenated alkanes) is 1. The van der Waals surface area contributed by atoms with Crippen LogP contribution in [0.2, 0.25) is 0 Å². The van der Waals surface area contributed by atoms with Gasteiger partial charge in [-0.3, -0.25) is 9.97 Å². The van der Waals surface area contributed by atoms with Crippen LogP contribution in [0.5, 0.6) is 0 Å². The number of nitrogens with zero attached hydrogens (tertiary/aromatic N) is 2. The van der Waals surface area contributed by atoms with Crippen molar-refractivity contribution in [2.75, 3.05) is 13.1 Å². The lowest BCUT2D eigenvalue weighted by Gasteiger charge is -2.09. The molecule has 2 aromatic heterocycles. The van der Waals surface area contributed by atoms with Gasteiger partial charge in [0, 0.05) is 25.5 Å². The molecule has 128 valence electrons. The average molecular weight is 324 g/mol. The molecule has 2 heterocycles. The number of rotatable bonds is 10. The Labute approximate surface area is 145 Å². The van der Waals surface area contributed by atoms with Crippen molar-refractivity contribution in [3.63, 3.8) is 0 Å². The van der Waals surface area contributed by atoms with Crippen molar-refractivity contribution in [3.8, 4) is 0 Å². The fraction of sp³-hybridized carbons (Fsp3) is 0.400. The molecule has 4 nitrogen and oxygen atoms in total. The van der Waals surface area contributed by atoms with Crippen molar-refractivity contribution in [1.82, 2.24) is 20.6 Å². The molecule has 0 aliphatic rings. The summed E-state index contributed by atoms with van der Waals surface area (Å²) < 4.78 is 0. The topological polar surface area (TPSA) is 49.8 Å². The molecule has 2 N–H and O–H groups in total. The Kier molecular flexibility index (Phi) is 7.59. The Morgan fingerprint density at radius 3 is 2.42 bits per heavy atom. The molecule has 0 fully saturated rings. The van der Waals surface area contributed by atoms with Gasteiger partial charge in [-0.2, -0.15) is 0 Å². The summed E-state index contributed by atoms with van der Waals surface area (Å²) in [6.07, 6.45) is 7.91. The maximum atomic E-state index is 4.49. The van der Waals surface area contributed by atoms with Crippen LogP contribution in [-0.4, -0.2) is 23.1 Å². The van der Waals surface area contributed by atoms with Crippen LogP contribution in [-0.2, 0) is 13.1 Å². The first-order chi connectivity index (χ1) is 11.7. The van der Waals surface area contributed by atoms with Crippen LogP contribution in [0.1, 0.15) is 40.9 Å². The predicted molar refractivity (Wildman–Crippen MR) is 101 cm³/mol. The van der Waals surface area contributed by atoms with Gasteiger partial charge in [-0.1, -0.05) is 24.8 Å². The lowest BCUT2D eigenvalue weighted by Crippen LogP contribution is -2.20. The van der Waals surface area contributed by atoms with Gasteiger partial charge in [0.1, 0.15) is 0 Å². The van der Waals surface area contributed by atoms with E-state index in [9.17, 15) is 0 Å². The zero-order valence-corrected chi connectivity index (χ0v) is 14.8. The summed E-state index contributed by atoms with van der Waals surface area (Å²) in [5.74, 6) is 0. The SMILES string of the molecule is C=Cc1cccnc1CNCCCCNCc1ncc(C)cc1C. The van der Waals surface area contributed by atoms with Gasteiger partial charge in [-0.25, -0.2) is 0 Å². The Bertz CT molecular complexity index is 652. The van der Waals surface area contributed by atoms with Gasteiger partial charge in [-0.05, 0) is 62.5 Å². The highest BCUT2D eigenvalue weighted by molar-refractivity contribution is 5.49. The third-order valence-electron chi connectivity index (χ3n) is 4.01. The van der Waals surface area contributed by atoms with Crippen molar-refractivity contribution < 1.29 is 0 Å². The molecule has 0 saturated heterocycles. The fourth-order valence-corrected chi connectivity index (χ4v) is 2.63. The Balaban J connectivity index is 1.56. The van der Waals surface area contributed by atoms with Gasteiger partial charge in [0.15, 0.2) is 0 Å². The van der Waals surface area contributed by atoms with E-state index in [0.29, 0.717) is 0 Å². The smallest absolute Gasteiger partial charge is 0.0613 e. The summed E-state index contributed by atoms with van der Waals surface area (Å²) in [7, 11) is 0. The first kappa shape index (κ1) is 18.3. The zero-order chi connectivity index (χ0) is 17.2. The van der Waals surface area contributed by atoms with E-state index in [1.807, 2.05) is 30.6 Å². The number of aryl methyl sites for hydroxylation is 2. The lowest BCUT2D eigenvalue weighted by atomic mass is 10.1. The molecular weight excluding hydrogens is 296 g/mol. The lowest BCUT2D eigenvalue weighted by molar-refractivity contribution is 0.575. The normalized spacial score (nSPS) is 10.8. The van der Waals surface area contributed by atoms with Gasteiger partial charge in [-0.15, -0.1) is 0 Å². The van der Waals surface area contributed by atoms with Crippen LogP contribution < -0.4 is 10.6 Å². The van der Waals surface area contributed by atoms with E-state index in [1.54, 1.807) is 0 Å². The van der Waals surface area contributed by atoms with E-state index in [2.05, 4.69) is 47.1 Å². The summed E-state index contributed by atoms with van der Waals surface area (Å²) in [4.78, 5) is 8.88. The van der Waals surface area contributed by atoms with Gasteiger partial charge >= 0.3 is 0 Å². The quantitative estimate of drug-likeness (QED) is 0.658. The molecule has 0 radical (unpaired) electrons. The number of hydrogen-bond donors (Lipinski definition) is 2. The Hall–Kier alpha value is -2.04. The van der Waals surface area contributed by atoms with Crippen molar-refractivity contribution in [2.45, 2.75) is 39.8 Å². The van der Waals surface area contributed by atoms with Crippen molar-refractivity contribution in [1.29, 1.82) is 0 Å². The highest BCUT2D eigenvalue weighted by atomic mass is 14.9. The molecule has 2 aromatic rings. The first-order valence-corrected chi connectivity index (χ1v) is 8.60. The van der Waals surface area contributed by atoms with E-state index in [0.717, 1.165) is 56.0 Å². The minimum atomic E-state index is 0.794. The van der Waals surface area contributed by atoms with E-state index in [-0.39, 0.29) is 0 Å². The largest absolute Gasteiger partial charge is 0.311 e. The zero-order valence-electron chi connectivity index (χ0n) is 14.8. The van der Waals surface area contributed by atoms with Crippen LogP contribution in [0.15, 0.2) is 37.2 Å². The molecule has 2 rings (SSSR count). The number of nitrogens with one attached hydrogen (secondary N) is 2. The second-order valence-corrected chi connectivity index (χ2v) is 6.08. The molecule has 0 spiro atoms. The number of hydrogen-bond acceptors (Lipinski definition) is 4. The summed E-state index contributed by atoms with van der Waals surface area (Å²) in [5, 5.41) is 6.92. The molecule has 0 saturated carbocycles. The molecule has 0 unspecified atom stereocenters. The molecular formula is C20H28N4. The predicted octanol–water partition coefficient (Wildman–Crippen LogP) is 3.40. The van der Waals surface area contributed by atoms with E-state index >= 15 is 0 Å². The second-order valence-electron chi connectivity index (χ2n) is 6.08. The molecule has 0 aliphatic heterocycles. The van der Waals surface area contributed by atoms with Crippen molar-refractivity contribution in [3.05, 3.63) is 65.2 Å². The highest BCUT2D eigenvalue weighted by Gasteiger charge is 2.01. The van der Waals surface area contributed by atoms with Crippen LogP contribution in [0, 0.1) is 13.8 Å². The molecule has 0 aliphatic carbocycles. The summed E-state index contributed by atoms with van der Waals surface area (Å²) >= 11 is 0. The van der Waals surface area contributed by atoms with Gasteiger partial charge in [0.2, 0.25) is 0 Å². The summed E-state index contributed by atoms with van der Waals surface area (Å²) in [6, 6.07) is 6.17. The standard InChI is InChI=1S/C20H28N4/c1-4-18-8-7-11-23-20(18)15-22-10-6-5-9-21-14-19-17(3)12-16(2)13-24-19/h4,7-8,11-13,21-22H,1,5-6,9-10,14-15H2,2-3H3. The number of aromatic nitrogens is 2. The van der Waals surface area contributed by atoms with Crippen molar-refractivity contribution >= 4 is 6.08 Å². The van der Waals surface area contributed by atoms with E-state index in [4.69, 9.17) is 0 Å². The Morgan fingerprint density at radius 1 is 1.04 bits per heavy atom. The third kappa shape index (κ3) is 5.87. The number of pyridine rings is 2. The average Bonchev–Trinajstić information content (AvgIpc) is 2.59. The highest BCUT2D eigenvalue weighted by Crippen LogP contribution is 2.07. The Morgan fingerprint density at radius 2 is 1.75 bits per heavy atom. The van der Waals surface area contributed by atoms with Crippen LogP contribution in [0.4, 0.5) is 0 Å². The molecule has 4 heteroatoms. The van der Waals surface area contributed by atoms with Crippen molar-refractivity contribution in [2.24, 2.45) is 0 Å². The molecule has 0 aromatic carbocycles. The van der Waals surface area contributed by atoms with Gasteiger partial charge in [0.25, 0.3) is 0 Å². The van der Waals surface area contributed by atoms with Gasteiger partial charge < -0.3 is 10.6 Å². The van der Waals surface area contributed by atoms with Crippen LogP contribution in [0.25, 0.3) is 6.08 Å². The minimum absolute atomic E-state index is 0.794. The molecule has 0 bridgehead atoms. The summed E-state index contributed by atoms with van der Waals surface area (Å²) in [5.41, 5.74) is 5.79. The maximum absolute atomic E-state index is 4.49. The molecule has 0 atom stereocenters. The summed E-state index contributed by atoms with van der Waals surface area (Å²) in [6.45, 7) is 11.7. The molecule has 0 amide bonds. The molecule has 24 heavy (non-hydrogen) atoms. The maximum Gasteiger partial charge on any atom is 0.0613 e. The fourth-order valence-electron chi connectivity index (χ4n) is 2.63. The second kappa shape index (κ2) is 9.96. The van der Waals surface area contributed by atoms with Gasteiger partial charge in [0.05, 0.1) is 11.4 Å². The minimum Gasteiger partial charge on any atom is -0.311 e. The third-order valence-corrected chi connectivity index (χ3v) is 4.01. The van der Waals surface area contributed by atoms with E-state index < -0.39 is 0 Å². The van der Waals surface area contributed by atoms with Crippen LogP contribution >= 0.6 is 0 Å². The monoisotopic (exact) mass is 324 g/mol. The van der Waals surface area contributed by atoms with Crippen LogP contribution in [0.3, 0.4) is 0 Å². The first-order valence-electron chi connectivity index (χ1n) is 8.60.